The van der Waals surface area contributed by atoms with Crippen LogP contribution in [-0.4, -0.2) is 24.2 Å². The Bertz CT molecular complexity index is 846. The third-order valence-electron chi connectivity index (χ3n) is 8.57. The predicted octanol–water partition coefficient (Wildman–Crippen LogP) is 5.73. The van der Waals surface area contributed by atoms with E-state index in [0.29, 0.717) is 31.1 Å². The number of allylic oxidation sites excluding steroid dienone is 2. The maximum Gasteiger partial charge on any atom is 0.457 e. The molecular formula is C24H29F3O3. The van der Waals surface area contributed by atoms with Gasteiger partial charge in [0.25, 0.3) is 0 Å². The number of methoxy groups -OCH3 is 1. The number of ether oxygens (including phenoxy) is 1. The van der Waals surface area contributed by atoms with E-state index >= 15 is 0 Å². The van der Waals surface area contributed by atoms with E-state index in [9.17, 15) is 23.1 Å². The molecule has 0 aliphatic heterocycles. The number of carbonyl (C=O) groups is 1. The van der Waals surface area contributed by atoms with Gasteiger partial charge in [-0.25, -0.2) is 0 Å². The molecule has 0 saturated heterocycles. The topological polar surface area (TPSA) is 46.5 Å². The normalized spacial score (nSPS) is 41.0. The summed E-state index contributed by atoms with van der Waals surface area (Å²) in [5, 5.41) is 11.0. The van der Waals surface area contributed by atoms with Crippen LogP contribution in [0.15, 0.2) is 23.7 Å². The third kappa shape index (κ3) is 3.25. The summed E-state index contributed by atoms with van der Waals surface area (Å²) in [7, 11) is 1.44. The molecular weight excluding hydrogens is 393 g/mol. The molecule has 4 aliphatic rings. The SMILES string of the molecule is COC=C(O)[C@]12CC[C@H]3[C@@H](CCC4=CC(=O)CC[C@@]43C)[C@@H]1CC[C@H]2C#CC(F)(F)F. The molecule has 0 heterocycles. The van der Waals surface area contributed by atoms with Crippen LogP contribution in [0.4, 0.5) is 13.2 Å². The van der Waals surface area contributed by atoms with Crippen molar-refractivity contribution in [1.29, 1.82) is 0 Å². The minimum absolute atomic E-state index is 0.0285. The number of carbonyl (C=O) groups excluding carboxylic acids is 1. The maximum atomic E-state index is 12.8. The monoisotopic (exact) mass is 422 g/mol. The number of aliphatic hydroxyl groups excluding tert-OH is 1. The van der Waals surface area contributed by atoms with Crippen LogP contribution >= 0.6 is 0 Å². The minimum atomic E-state index is -4.54. The highest BCUT2D eigenvalue weighted by Gasteiger charge is 2.62. The fraction of sp³-hybridized carbons (Fsp3) is 0.708. The zero-order valence-corrected chi connectivity index (χ0v) is 17.5. The van der Waals surface area contributed by atoms with Crippen LogP contribution < -0.4 is 0 Å². The van der Waals surface area contributed by atoms with Gasteiger partial charge < -0.3 is 9.84 Å². The summed E-state index contributed by atoms with van der Waals surface area (Å²) < 4.78 is 43.6. The number of fused-ring (bicyclic) bond motifs is 5. The van der Waals surface area contributed by atoms with E-state index in [0.717, 1.165) is 32.1 Å². The average Bonchev–Trinajstić information content (AvgIpc) is 3.06. The molecule has 4 aliphatic carbocycles. The molecule has 6 heteroatoms. The van der Waals surface area contributed by atoms with Gasteiger partial charge in [-0.1, -0.05) is 18.4 Å². The first-order valence-electron chi connectivity index (χ1n) is 10.9. The predicted molar refractivity (Wildman–Crippen MR) is 106 cm³/mol. The molecule has 0 spiro atoms. The van der Waals surface area contributed by atoms with Crippen LogP contribution in [-0.2, 0) is 9.53 Å². The summed E-state index contributed by atoms with van der Waals surface area (Å²) in [6.45, 7) is 2.26. The molecule has 6 atom stereocenters. The van der Waals surface area contributed by atoms with Crippen LogP contribution in [0.5, 0.6) is 0 Å². The molecule has 3 saturated carbocycles. The highest BCUT2D eigenvalue weighted by Crippen LogP contribution is 2.68. The Morgan fingerprint density at radius 3 is 2.67 bits per heavy atom. The largest absolute Gasteiger partial charge is 0.508 e. The molecule has 0 aromatic carbocycles. The number of hydrogen-bond donors (Lipinski definition) is 1. The lowest BCUT2D eigenvalue weighted by Gasteiger charge is -2.58. The van der Waals surface area contributed by atoms with Crippen molar-refractivity contribution in [1.82, 2.24) is 0 Å². The lowest BCUT2D eigenvalue weighted by molar-refractivity contribution is -0.117. The number of rotatable bonds is 2. The van der Waals surface area contributed by atoms with Crippen LogP contribution in [0.3, 0.4) is 0 Å². The Hall–Kier alpha value is -1.90. The summed E-state index contributed by atoms with van der Waals surface area (Å²) in [5.74, 6) is 4.43. The van der Waals surface area contributed by atoms with Gasteiger partial charge in [0.05, 0.1) is 7.11 Å². The molecule has 1 N–H and O–H groups in total. The minimum Gasteiger partial charge on any atom is -0.508 e. The van der Waals surface area contributed by atoms with E-state index in [-0.39, 0.29) is 22.9 Å². The van der Waals surface area contributed by atoms with Crippen molar-refractivity contribution < 1.29 is 27.8 Å². The van der Waals surface area contributed by atoms with Gasteiger partial charge in [-0.2, -0.15) is 13.2 Å². The summed E-state index contributed by atoms with van der Waals surface area (Å²) >= 11 is 0. The van der Waals surface area contributed by atoms with Gasteiger partial charge in [-0.3, -0.25) is 4.79 Å². The first kappa shape index (κ1) is 21.3. The third-order valence-corrected chi connectivity index (χ3v) is 8.57. The molecule has 3 nitrogen and oxygen atoms in total. The number of aliphatic hydroxyl groups is 1. The zero-order chi connectivity index (χ0) is 21.7. The van der Waals surface area contributed by atoms with Crippen molar-refractivity contribution in [2.45, 2.75) is 64.5 Å². The number of alkyl halides is 3. The molecule has 0 aromatic heterocycles. The van der Waals surface area contributed by atoms with Crippen LogP contribution in [0.2, 0.25) is 0 Å². The lowest BCUT2D eigenvalue weighted by Crippen LogP contribution is -2.51. The summed E-state index contributed by atoms with van der Waals surface area (Å²) in [5.41, 5.74) is 0.437. The van der Waals surface area contributed by atoms with E-state index in [1.54, 1.807) is 0 Å². The van der Waals surface area contributed by atoms with Gasteiger partial charge in [0, 0.05) is 23.7 Å². The fourth-order valence-electron chi connectivity index (χ4n) is 7.32. The number of hydrogen-bond acceptors (Lipinski definition) is 3. The fourth-order valence-corrected chi connectivity index (χ4v) is 7.32. The molecule has 0 aromatic rings. The second-order valence-corrected chi connectivity index (χ2v) is 9.68. The van der Waals surface area contributed by atoms with E-state index < -0.39 is 17.5 Å². The molecule has 0 unspecified atom stereocenters. The molecule has 0 radical (unpaired) electrons. The quantitative estimate of drug-likeness (QED) is 0.457. The smallest absolute Gasteiger partial charge is 0.457 e. The molecule has 0 bridgehead atoms. The molecule has 30 heavy (non-hydrogen) atoms. The van der Waals surface area contributed by atoms with Crippen molar-refractivity contribution in [3.05, 3.63) is 23.7 Å². The lowest BCUT2D eigenvalue weighted by atomic mass is 9.46. The van der Waals surface area contributed by atoms with E-state index in [1.165, 1.54) is 24.9 Å². The van der Waals surface area contributed by atoms with Crippen molar-refractivity contribution >= 4 is 5.78 Å². The molecule has 3 fully saturated rings. The van der Waals surface area contributed by atoms with E-state index in [1.807, 2.05) is 6.08 Å². The van der Waals surface area contributed by atoms with Gasteiger partial charge in [-0.05, 0) is 74.2 Å². The number of ketones is 1. The maximum absolute atomic E-state index is 12.8. The second kappa shape index (κ2) is 7.35. The Kier molecular flexibility index (Phi) is 5.23. The molecule has 4 rings (SSSR count). The first-order chi connectivity index (χ1) is 14.1. The number of halogens is 3. The molecule has 164 valence electrons. The van der Waals surface area contributed by atoms with Crippen molar-refractivity contribution in [2.75, 3.05) is 7.11 Å². The van der Waals surface area contributed by atoms with Gasteiger partial charge in [-0.15, -0.1) is 0 Å². The highest BCUT2D eigenvalue weighted by molar-refractivity contribution is 5.91. The van der Waals surface area contributed by atoms with Crippen molar-refractivity contribution in [3.63, 3.8) is 0 Å². The average molecular weight is 422 g/mol. The second-order valence-electron chi connectivity index (χ2n) is 9.68. The van der Waals surface area contributed by atoms with Crippen LogP contribution in [0, 0.1) is 46.3 Å². The van der Waals surface area contributed by atoms with E-state index in [2.05, 4.69) is 12.8 Å². The Labute approximate surface area is 175 Å². The summed E-state index contributed by atoms with van der Waals surface area (Å²) in [6.07, 6.45) is 4.48. The highest BCUT2D eigenvalue weighted by atomic mass is 19.4. The van der Waals surface area contributed by atoms with Gasteiger partial charge in [0.2, 0.25) is 0 Å². The molecule has 0 amide bonds. The van der Waals surface area contributed by atoms with Crippen molar-refractivity contribution in [2.24, 2.45) is 34.5 Å². The van der Waals surface area contributed by atoms with Crippen molar-refractivity contribution in [3.8, 4) is 11.8 Å². The van der Waals surface area contributed by atoms with Crippen LogP contribution in [0.1, 0.15) is 58.3 Å². The first-order valence-corrected chi connectivity index (χ1v) is 10.9. The Morgan fingerprint density at radius 1 is 1.20 bits per heavy atom. The van der Waals surface area contributed by atoms with Gasteiger partial charge in [0.1, 0.15) is 12.0 Å². The Morgan fingerprint density at radius 2 is 1.97 bits per heavy atom. The summed E-state index contributed by atoms with van der Waals surface area (Å²) in [6, 6.07) is 0. The van der Waals surface area contributed by atoms with Gasteiger partial charge >= 0.3 is 6.18 Å². The van der Waals surface area contributed by atoms with E-state index in [4.69, 9.17) is 4.74 Å². The van der Waals surface area contributed by atoms with Crippen LogP contribution in [0.25, 0.3) is 0 Å². The Balaban J connectivity index is 1.72. The standard InChI is InChI=1S/C24H29F3O3/c1-22-10-8-17(28)13-16(22)3-5-18-19(22)9-11-23(21(29)14-30-2)15(4-6-20(18)23)7-12-24(25,26)27/h13-15,18-20,29H,3-6,8-11H2,1-2H3/t15-,18+,19-,20-,22-,23-/m0/s1. The zero-order valence-electron chi connectivity index (χ0n) is 17.5. The van der Waals surface area contributed by atoms with Gasteiger partial charge in [0.15, 0.2) is 5.78 Å². The summed E-state index contributed by atoms with van der Waals surface area (Å²) in [4.78, 5) is 12.0.